The highest BCUT2D eigenvalue weighted by molar-refractivity contribution is 5.73. The van der Waals surface area contributed by atoms with Gasteiger partial charge in [-0.1, -0.05) is 36.8 Å². The largest absolute Gasteiger partial charge is 0.490 e. The number of halogens is 4. The molecule has 2 N–H and O–H groups in total. The van der Waals surface area contributed by atoms with Gasteiger partial charge in [0.1, 0.15) is 18.2 Å². The van der Waals surface area contributed by atoms with Crippen molar-refractivity contribution in [2.24, 2.45) is 5.92 Å². The van der Waals surface area contributed by atoms with Gasteiger partial charge in [-0.05, 0) is 30.5 Å². The first-order chi connectivity index (χ1) is 18.8. The van der Waals surface area contributed by atoms with Gasteiger partial charge in [-0.2, -0.15) is 13.2 Å². The summed E-state index contributed by atoms with van der Waals surface area (Å²) in [7, 11) is 0. The van der Waals surface area contributed by atoms with E-state index in [0.717, 1.165) is 29.8 Å². The van der Waals surface area contributed by atoms with Crippen LogP contribution in [0.15, 0.2) is 48.7 Å². The second-order valence-corrected chi connectivity index (χ2v) is 9.57. The fraction of sp³-hybridized carbons (Fsp3) is 0.357. The van der Waals surface area contributed by atoms with E-state index in [1.54, 1.807) is 18.3 Å². The van der Waals surface area contributed by atoms with E-state index in [-0.39, 0.29) is 12.3 Å². The molecule has 40 heavy (non-hydrogen) atoms. The van der Waals surface area contributed by atoms with Crippen molar-refractivity contribution >= 4 is 11.9 Å². The van der Waals surface area contributed by atoms with Gasteiger partial charge in [0.05, 0.1) is 11.3 Å². The number of alkyl halides is 3. The Morgan fingerprint density at radius 2 is 1.80 bits per heavy atom. The van der Waals surface area contributed by atoms with E-state index in [1.165, 1.54) is 11.6 Å². The average Bonchev–Trinajstić information content (AvgIpc) is 2.87. The van der Waals surface area contributed by atoms with Gasteiger partial charge in [0.25, 0.3) is 0 Å². The predicted octanol–water partition coefficient (Wildman–Crippen LogP) is 5.27. The van der Waals surface area contributed by atoms with Gasteiger partial charge in [0.15, 0.2) is 5.82 Å². The Bertz CT molecular complexity index is 1330. The van der Waals surface area contributed by atoms with E-state index >= 15 is 0 Å². The summed E-state index contributed by atoms with van der Waals surface area (Å²) < 4.78 is 52.3. The highest BCUT2D eigenvalue weighted by Crippen LogP contribution is 2.27. The number of benzene rings is 2. The molecule has 214 valence electrons. The number of hydrogen-bond acceptors (Lipinski definition) is 6. The lowest BCUT2D eigenvalue weighted by atomic mass is 10.0. The first kappa shape index (κ1) is 30.5. The lowest BCUT2D eigenvalue weighted by Gasteiger charge is -2.29. The Hall–Kier alpha value is -4.06. The van der Waals surface area contributed by atoms with Gasteiger partial charge in [0.2, 0.25) is 0 Å². The molecule has 2 aromatic carbocycles. The zero-order chi connectivity index (χ0) is 29.4. The molecule has 1 aliphatic heterocycles. The monoisotopic (exact) mass is 563 g/mol. The van der Waals surface area contributed by atoms with Crippen LogP contribution in [0.5, 0.6) is 5.75 Å². The topological polar surface area (TPSA) is 113 Å². The van der Waals surface area contributed by atoms with Crippen molar-refractivity contribution in [1.82, 2.24) is 14.9 Å². The molecule has 1 atom stereocenters. The maximum atomic E-state index is 14.8. The molecule has 1 aliphatic rings. The van der Waals surface area contributed by atoms with Gasteiger partial charge >= 0.3 is 18.1 Å². The number of hydrogen-bond donors (Lipinski definition) is 2. The number of rotatable bonds is 8. The number of carboxylic acid groups (broad SMARTS) is 2. The first-order valence-electron chi connectivity index (χ1n) is 12.4. The van der Waals surface area contributed by atoms with Gasteiger partial charge < -0.3 is 14.9 Å². The Labute approximate surface area is 228 Å². The summed E-state index contributed by atoms with van der Waals surface area (Å²) in [6.07, 6.45) is -2.44. The maximum Gasteiger partial charge on any atom is 0.490 e. The van der Waals surface area contributed by atoms with E-state index in [4.69, 9.17) is 19.7 Å². The van der Waals surface area contributed by atoms with Crippen molar-refractivity contribution in [2.45, 2.75) is 46.0 Å². The van der Waals surface area contributed by atoms with Crippen molar-refractivity contribution in [3.8, 4) is 17.1 Å². The van der Waals surface area contributed by atoms with Crippen LogP contribution in [0.1, 0.15) is 35.7 Å². The fourth-order valence-electron chi connectivity index (χ4n) is 4.08. The molecule has 0 aliphatic carbocycles. The highest BCUT2D eigenvalue weighted by atomic mass is 19.4. The summed E-state index contributed by atoms with van der Waals surface area (Å²) in [5.41, 5.74) is 4.47. The quantitative estimate of drug-likeness (QED) is 0.357. The van der Waals surface area contributed by atoms with Crippen LogP contribution in [0, 0.1) is 18.7 Å². The van der Waals surface area contributed by atoms with Crippen LogP contribution in [-0.4, -0.2) is 56.3 Å². The van der Waals surface area contributed by atoms with Gasteiger partial charge in [-0.3, -0.25) is 9.69 Å². The molecule has 0 radical (unpaired) electrons. The second kappa shape index (κ2) is 13.3. The van der Waals surface area contributed by atoms with Crippen LogP contribution in [-0.2, 0) is 29.2 Å². The average molecular weight is 564 g/mol. The van der Waals surface area contributed by atoms with Crippen LogP contribution in [0.25, 0.3) is 11.4 Å². The van der Waals surface area contributed by atoms with Gasteiger partial charge in [0, 0.05) is 50.3 Å². The number of aryl methyl sites for hydroxylation is 1. The normalized spacial score (nSPS) is 13.9. The SMILES string of the molecule is Cc1ccc(COc2ccc(-c3ncc4c(n3)CCN(CC(C)CC(=O)O)C4)c(F)c2)cc1.O=C(O)C(F)(F)F. The molecule has 0 saturated heterocycles. The third kappa shape index (κ3) is 9.01. The standard InChI is InChI=1S/C26H28FN3O3.C2HF3O2/c1-17-3-5-19(6-4-17)16-33-21-7-8-22(23(27)12-21)26-28-13-20-15-30(10-9-24(20)29-26)14-18(2)11-25(31)32;3-2(4,5)1(6)7/h3-8,12-13,18H,9-11,14-16H2,1-2H3,(H,31,32);(H,6,7). The van der Waals surface area contributed by atoms with Crippen LogP contribution >= 0.6 is 0 Å². The van der Waals surface area contributed by atoms with Crippen LogP contribution in [0.2, 0.25) is 0 Å². The second-order valence-electron chi connectivity index (χ2n) is 9.57. The molecule has 2 heterocycles. The van der Waals surface area contributed by atoms with Crippen molar-refractivity contribution in [1.29, 1.82) is 0 Å². The van der Waals surface area contributed by atoms with Crippen molar-refractivity contribution in [3.05, 3.63) is 76.9 Å². The Morgan fingerprint density at radius 3 is 2.40 bits per heavy atom. The number of ether oxygens (including phenoxy) is 1. The van der Waals surface area contributed by atoms with E-state index in [0.29, 0.717) is 36.8 Å². The summed E-state index contributed by atoms with van der Waals surface area (Å²) in [6.45, 7) is 6.53. The molecule has 12 heteroatoms. The molecule has 8 nitrogen and oxygen atoms in total. The van der Waals surface area contributed by atoms with Gasteiger partial charge in [-0.15, -0.1) is 0 Å². The maximum absolute atomic E-state index is 14.8. The molecule has 4 rings (SSSR count). The van der Waals surface area contributed by atoms with Crippen LogP contribution in [0.3, 0.4) is 0 Å². The fourth-order valence-corrected chi connectivity index (χ4v) is 4.08. The molecular weight excluding hydrogens is 534 g/mol. The zero-order valence-electron chi connectivity index (χ0n) is 21.9. The number of carboxylic acids is 2. The summed E-state index contributed by atoms with van der Waals surface area (Å²) in [5.74, 6) is -3.06. The molecule has 0 saturated carbocycles. The van der Waals surface area contributed by atoms with Crippen LogP contribution < -0.4 is 4.74 Å². The smallest absolute Gasteiger partial charge is 0.489 e. The molecule has 0 fully saturated rings. The number of aromatic nitrogens is 2. The summed E-state index contributed by atoms with van der Waals surface area (Å²) in [4.78, 5) is 31.1. The Kier molecular flexibility index (Phi) is 10.2. The summed E-state index contributed by atoms with van der Waals surface area (Å²) in [6, 6.07) is 12.8. The molecule has 1 unspecified atom stereocenters. The predicted molar refractivity (Wildman–Crippen MR) is 137 cm³/mol. The Morgan fingerprint density at radius 1 is 1.12 bits per heavy atom. The van der Waals surface area contributed by atoms with E-state index in [9.17, 15) is 22.4 Å². The zero-order valence-corrected chi connectivity index (χ0v) is 21.9. The summed E-state index contributed by atoms with van der Waals surface area (Å²) in [5, 5.41) is 16.1. The number of nitrogens with zero attached hydrogens (tertiary/aromatic N) is 3. The van der Waals surface area contributed by atoms with E-state index < -0.39 is 23.9 Å². The lowest BCUT2D eigenvalue weighted by Crippen LogP contribution is -2.35. The van der Waals surface area contributed by atoms with Crippen LogP contribution in [0.4, 0.5) is 17.6 Å². The molecule has 3 aromatic rings. The molecule has 0 amide bonds. The minimum absolute atomic E-state index is 0.0741. The Balaban J connectivity index is 0.000000559. The molecular formula is C28H29F4N3O5. The third-order valence-corrected chi connectivity index (χ3v) is 6.06. The molecule has 0 bridgehead atoms. The first-order valence-corrected chi connectivity index (χ1v) is 12.4. The van der Waals surface area contributed by atoms with Crippen molar-refractivity contribution in [2.75, 3.05) is 13.1 Å². The minimum Gasteiger partial charge on any atom is -0.489 e. The lowest BCUT2D eigenvalue weighted by molar-refractivity contribution is -0.192. The number of fused-ring (bicyclic) bond motifs is 1. The van der Waals surface area contributed by atoms with Crippen molar-refractivity contribution in [3.63, 3.8) is 0 Å². The molecule has 1 aromatic heterocycles. The number of aliphatic carboxylic acids is 2. The summed E-state index contributed by atoms with van der Waals surface area (Å²) >= 11 is 0. The van der Waals surface area contributed by atoms with E-state index in [1.807, 2.05) is 38.1 Å². The van der Waals surface area contributed by atoms with Crippen molar-refractivity contribution < 1.29 is 42.1 Å². The highest BCUT2D eigenvalue weighted by Gasteiger charge is 2.38. The van der Waals surface area contributed by atoms with Gasteiger partial charge in [-0.25, -0.2) is 19.2 Å². The molecule has 0 spiro atoms. The number of carbonyl (C=O) groups is 2. The minimum atomic E-state index is -5.08. The third-order valence-electron chi connectivity index (χ3n) is 6.06. The van der Waals surface area contributed by atoms with E-state index in [2.05, 4.69) is 14.9 Å².